The van der Waals surface area contributed by atoms with Crippen LogP contribution < -0.4 is 0 Å². The Bertz CT molecular complexity index is 392. The average molecular weight is 248 g/mol. The summed E-state index contributed by atoms with van der Waals surface area (Å²) in [6.45, 7) is 3.11. The van der Waals surface area contributed by atoms with E-state index in [9.17, 15) is 18.0 Å². The second kappa shape index (κ2) is 6.91. The van der Waals surface area contributed by atoms with Crippen LogP contribution >= 0.6 is 0 Å². The van der Waals surface area contributed by atoms with Crippen LogP contribution in [-0.2, 0) is 24.4 Å². The topological polar surface area (TPSA) is 97.7 Å². The van der Waals surface area contributed by atoms with Crippen molar-refractivity contribution in [2.45, 2.75) is 12.8 Å². The lowest BCUT2D eigenvalue weighted by Gasteiger charge is -1.94. The van der Waals surface area contributed by atoms with Crippen LogP contribution in [0.2, 0.25) is 0 Å². The summed E-state index contributed by atoms with van der Waals surface area (Å²) in [4.78, 5) is 21.4. The van der Waals surface area contributed by atoms with Gasteiger partial charge in [0.2, 0.25) is 0 Å². The van der Waals surface area contributed by atoms with E-state index >= 15 is 0 Å². The van der Waals surface area contributed by atoms with Crippen molar-refractivity contribution in [1.29, 1.82) is 0 Å². The van der Waals surface area contributed by atoms with Crippen molar-refractivity contribution < 1.29 is 27.3 Å². The van der Waals surface area contributed by atoms with E-state index in [2.05, 4.69) is 11.3 Å². The van der Waals surface area contributed by atoms with Gasteiger partial charge in [0.1, 0.15) is 0 Å². The van der Waals surface area contributed by atoms with E-state index in [1.807, 2.05) is 0 Å². The van der Waals surface area contributed by atoms with Gasteiger partial charge in [-0.05, 0) is 12.8 Å². The highest BCUT2D eigenvalue weighted by molar-refractivity contribution is 7.85. The number of hydrogen-bond donors (Lipinski definition) is 1. The monoisotopic (exact) mass is 248 g/mol. The summed E-state index contributed by atoms with van der Waals surface area (Å²) in [7, 11) is -3.97. The van der Waals surface area contributed by atoms with E-state index < -0.39 is 22.1 Å². The molecule has 0 rings (SSSR count). The first-order chi connectivity index (χ1) is 7.35. The normalized spacial score (nSPS) is 11.3. The lowest BCUT2D eigenvalue weighted by atomic mass is 10.3. The van der Waals surface area contributed by atoms with Crippen LogP contribution in [0.15, 0.2) is 24.8 Å². The van der Waals surface area contributed by atoms with Crippen molar-refractivity contribution in [2.24, 2.45) is 0 Å². The number of ether oxygens (including phenoxy) is 1. The SMILES string of the molecule is C=CC(=O)OC(=O)C=CCCCS(=O)(=O)O. The molecule has 90 valence electrons. The Morgan fingerprint density at radius 3 is 2.44 bits per heavy atom. The summed E-state index contributed by atoms with van der Waals surface area (Å²) in [5, 5.41) is 0. The predicted octanol–water partition coefficient (Wildman–Crippen LogP) is 0.466. The van der Waals surface area contributed by atoms with Crippen LogP contribution in [0.5, 0.6) is 0 Å². The zero-order valence-electron chi connectivity index (χ0n) is 8.46. The van der Waals surface area contributed by atoms with E-state index in [1.54, 1.807) is 0 Å². The molecular weight excluding hydrogens is 236 g/mol. The van der Waals surface area contributed by atoms with E-state index in [4.69, 9.17) is 4.55 Å². The van der Waals surface area contributed by atoms with Crippen LogP contribution in [0.1, 0.15) is 12.8 Å². The fourth-order valence-electron chi connectivity index (χ4n) is 0.738. The maximum absolute atomic E-state index is 10.8. The second-order valence-electron chi connectivity index (χ2n) is 2.77. The van der Waals surface area contributed by atoms with Gasteiger partial charge in [0.15, 0.2) is 0 Å². The van der Waals surface area contributed by atoms with Gasteiger partial charge in [-0.1, -0.05) is 12.7 Å². The van der Waals surface area contributed by atoms with Gasteiger partial charge in [0, 0.05) is 12.2 Å². The molecule has 0 aliphatic rings. The van der Waals surface area contributed by atoms with Crippen molar-refractivity contribution in [3.05, 3.63) is 24.8 Å². The molecule has 0 fully saturated rings. The maximum Gasteiger partial charge on any atom is 0.338 e. The highest BCUT2D eigenvalue weighted by Crippen LogP contribution is 1.96. The summed E-state index contributed by atoms with van der Waals surface area (Å²) in [5.74, 6) is -2.08. The molecule has 1 N–H and O–H groups in total. The number of rotatable bonds is 6. The molecular formula is C9H12O6S. The minimum Gasteiger partial charge on any atom is -0.387 e. The first kappa shape index (κ1) is 14.5. The zero-order chi connectivity index (χ0) is 12.6. The summed E-state index contributed by atoms with van der Waals surface area (Å²) in [6, 6.07) is 0. The summed E-state index contributed by atoms with van der Waals surface area (Å²) < 4.78 is 33.2. The first-order valence-corrected chi connectivity index (χ1v) is 5.96. The summed E-state index contributed by atoms with van der Waals surface area (Å²) >= 11 is 0. The summed E-state index contributed by atoms with van der Waals surface area (Å²) in [5.41, 5.74) is 0. The first-order valence-electron chi connectivity index (χ1n) is 4.35. The van der Waals surface area contributed by atoms with Crippen LogP contribution in [0.4, 0.5) is 0 Å². The predicted molar refractivity (Wildman–Crippen MR) is 56.1 cm³/mol. The number of hydrogen-bond acceptors (Lipinski definition) is 5. The molecule has 16 heavy (non-hydrogen) atoms. The number of unbranched alkanes of at least 4 members (excludes halogenated alkanes) is 1. The van der Waals surface area contributed by atoms with Crippen molar-refractivity contribution in [3.8, 4) is 0 Å². The van der Waals surface area contributed by atoms with Crippen LogP contribution in [-0.4, -0.2) is 30.7 Å². The van der Waals surface area contributed by atoms with Crippen molar-refractivity contribution in [2.75, 3.05) is 5.75 Å². The van der Waals surface area contributed by atoms with Gasteiger partial charge < -0.3 is 4.74 Å². The molecule has 0 atom stereocenters. The fourth-order valence-corrected chi connectivity index (χ4v) is 1.27. The Hall–Kier alpha value is -1.47. The minimum atomic E-state index is -3.97. The summed E-state index contributed by atoms with van der Waals surface area (Å²) in [6.07, 6.45) is 3.66. The Balaban J connectivity index is 3.81. The third-order valence-electron chi connectivity index (χ3n) is 1.39. The Morgan fingerprint density at radius 2 is 1.94 bits per heavy atom. The molecule has 0 aromatic carbocycles. The van der Waals surface area contributed by atoms with Crippen molar-refractivity contribution in [1.82, 2.24) is 0 Å². The number of allylic oxidation sites excluding steroid dienone is 1. The van der Waals surface area contributed by atoms with Gasteiger partial charge in [-0.25, -0.2) is 9.59 Å². The van der Waals surface area contributed by atoms with Crippen molar-refractivity contribution in [3.63, 3.8) is 0 Å². The number of carbonyl (C=O) groups is 2. The molecule has 0 bridgehead atoms. The quantitative estimate of drug-likeness (QED) is 0.241. The molecule has 0 heterocycles. The molecule has 0 aliphatic heterocycles. The number of esters is 2. The second-order valence-corrected chi connectivity index (χ2v) is 4.35. The maximum atomic E-state index is 10.8. The Morgan fingerprint density at radius 1 is 1.31 bits per heavy atom. The van der Waals surface area contributed by atoms with E-state index in [-0.39, 0.29) is 18.6 Å². The molecule has 0 saturated heterocycles. The third kappa shape index (κ3) is 9.10. The van der Waals surface area contributed by atoms with Gasteiger partial charge in [-0.3, -0.25) is 4.55 Å². The van der Waals surface area contributed by atoms with Gasteiger partial charge in [-0.15, -0.1) is 0 Å². The van der Waals surface area contributed by atoms with Crippen LogP contribution in [0, 0.1) is 0 Å². The van der Waals surface area contributed by atoms with Crippen LogP contribution in [0.3, 0.4) is 0 Å². The lowest BCUT2D eigenvalue weighted by molar-refractivity contribution is -0.152. The molecule has 0 aromatic rings. The largest absolute Gasteiger partial charge is 0.387 e. The molecule has 0 radical (unpaired) electrons. The molecule has 6 nitrogen and oxygen atoms in total. The standard InChI is InChI=1S/C9H12O6S/c1-2-8(10)15-9(11)6-4-3-5-7-16(12,13)14/h2,4,6H,1,3,5,7H2,(H,12,13,14). The van der Waals surface area contributed by atoms with Gasteiger partial charge in [0.05, 0.1) is 5.75 Å². The fraction of sp³-hybridized carbons (Fsp3) is 0.333. The smallest absolute Gasteiger partial charge is 0.338 e. The molecule has 0 saturated carbocycles. The minimum absolute atomic E-state index is 0.179. The highest BCUT2D eigenvalue weighted by Gasteiger charge is 2.03. The molecule has 0 unspecified atom stereocenters. The lowest BCUT2D eigenvalue weighted by Crippen LogP contribution is -2.06. The molecule has 0 aliphatic carbocycles. The highest BCUT2D eigenvalue weighted by atomic mass is 32.2. The van der Waals surface area contributed by atoms with Gasteiger partial charge in [0.25, 0.3) is 10.1 Å². The zero-order valence-corrected chi connectivity index (χ0v) is 9.27. The number of carbonyl (C=O) groups excluding carboxylic acids is 2. The molecule has 7 heteroatoms. The molecule has 0 aromatic heterocycles. The average Bonchev–Trinajstić information content (AvgIpc) is 2.15. The molecule has 0 amide bonds. The van der Waals surface area contributed by atoms with Gasteiger partial charge in [-0.2, -0.15) is 8.42 Å². The molecule has 0 spiro atoms. The van der Waals surface area contributed by atoms with E-state index in [1.165, 1.54) is 6.08 Å². The van der Waals surface area contributed by atoms with Crippen LogP contribution in [0.25, 0.3) is 0 Å². The Kier molecular flexibility index (Phi) is 6.28. The van der Waals surface area contributed by atoms with E-state index in [0.717, 1.165) is 12.2 Å². The van der Waals surface area contributed by atoms with Crippen molar-refractivity contribution >= 4 is 22.1 Å². The Labute approximate surface area is 93.3 Å². The third-order valence-corrected chi connectivity index (χ3v) is 2.20. The van der Waals surface area contributed by atoms with E-state index in [0.29, 0.717) is 0 Å². The van der Waals surface area contributed by atoms with Gasteiger partial charge >= 0.3 is 11.9 Å².